The molecular weight excluding hydrogens is 906 g/mol. The fourth-order valence-electron chi connectivity index (χ4n) is 6.72. The lowest BCUT2D eigenvalue weighted by atomic mass is 10.1. The predicted molar refractivity (Wildman–Crippen MR) is 230 cm³/mol. The Hall–Kier alpha value is -9.93. The highest BCUT2D eigenvalue weighted by atomic mass is 16.7. The molecule has 0 radical (unpaired) electrons. The molecule has 0 saturated heterocycles. The number of nitrogens with two attached hydrogens (primary N) is 1. The number of aliphatic hydroxyl groups is 3. The van der Waals surface area contributed by atoms with Gasteiger partial charge in [0.2, 0.25) is 6.29 Å². The summed E-state index contributed by atoms with van der Waals surface area (Å²) in [4.78, 5) is 95.6. The molecule has 3 aliphatic heterocycles. The number of nitrogens with zero attached hydrogens (tertiary/aromatic N) is 6. The van der Waals surface area contributed by atoms with Crippen LogP contribution < -0.4 is 27.5 Å². The number of amides is 2. The third-order valence-electron chi connectivity index (χ3n) is 9.73. The van der Waals surface area contributed by atoms with E-state index < -0.39 is 61.8 Å². The number of rotatable bonds is 4. The fraction of sp³-hybridized carbons (Fsp3) is 0.0750. The van der Waals surface area contributed by atoms with Crippen molar-refractivity contribution in [3.05, 3.63) is 198 Å². The summed E-state index contributed by atoms with van der Waals surface area (Å²) in [6.45, 7) is 0. The van der Waals surface area contributed by atoms with Crippen molar-refractivity contribution in [1.29, 1.82) is 0 Å². The number of esters is 1. The van der Waals surface area contributed by atoms with Crippen LogP contribution >= 0.6 is 0 Å². The Labute approximate surface area is 374 Å². The predicted octanol–water partition coefficient (Wildman–Crippen LogP) is 2.75. The normalized spacial score (nSPS) is 15.6. The van der Waals surface area contributed by atoms with E-state index >= 15 is 0 Å². The number of nitrogens with one attached hydrogen (secondary N) is 4. The van der Waals surface area contributed by atoms with Crippen LogP contribution in [-0.2, 0) is 4.74 Å². The Kier molecular flexibility index (Phi) is 13.9. The summed E-state index contributed by atoms with van der Waals surface area (Å²) < 4.78 is 4.43. The number of ether oxygens (including phenoxy) is 1. The standard InChI is InChI=1S/C8H5N3O3.C8H7N3O.2C8H6N2O4.C8H5NO5/c12-8-5-2-1-3-7(11(13)14)6(5)4-9-10-8;9-7-3-1-2-5-6(7)4-10-11-8(5)12;2*11-7-4-2-1-3-5(10(13)14)6(4)8(12)9-7;10-7-4-2-1-3-5(9(12)13)6(4)8(11)14-7/h1-4H,(H,10,12);1-4H,9H2,(H,11,12);2*1-3,8,12H,(H,9,11);1-3,8,11H. The molecule has 28 heteroatoms. The van der Waals surface area contributed by atoms with Gasteiger partial charge in [0.15, 0.2) is 12.5 Å². The van der Waals surface area contributed by atoms with Crippen LogP contribution in [0.15, 0.2) is 113 Å². The second-order valence-electron chi connectivity index (χ2n) is 13.7. The van der Waals surface area contributed by atoms with E-state index in [0.29, 0.717) is 16.5 Å². The molecule has 0 fully saturated rings. The van der Waals surface area contributed by atoms with Crippen LogP contribution in [0.3, 0.4) is 0 Å². The van der Waals surface area contributed by atoms with Gasteiger partial charge in [-0.25, -0.2) is 15.0 Å². The molecule has 0 aliphatic carbocycles. The molecule has 3 unspecified atom stereocenters. The van der Waals surface area contributed by atoms with Crippen LogP contribution in [0.2, 0.25) is 0 Å². The average molecular weight is 936 g/mol. The maximum absolute atomic E-state index is 11.2. The van der Waals surface area contributed by atoms with Crippen LogP contribution in [-0.4, -0.2) is 73.2 Å². The minimum atomic E-state index is -1.53. The summed E-state index contributed by atoms with van der Waals surface area (Å²) in [5.74, 6) is -1.72. The van der Waals surface area contributed by atoms with Crippen LogP contribution in [0.25, 0.3) is 21.5 Å². The molecule has 10 rings (SSSR count). The molecule has 5 heterocycles. The molecule has 346 valence electrons. The van der Waals surface area contributed by atoms with Crippen molar-refractivity contribution in [3.8, 4) is 0 Å². The van der Waals surface area contributed by atoms with Crippen molar-refractivity contribution in [2.24, 2.45) is 0 Å². The number of hydrogen-bond acceptors (Lipinski definition) is 20. The molecule has 2 aromatic heterocycles. The summed E-state index contributed by atoms with van der Waals surface area (Å²) in [7, 11) is 0. The number of nitro groups is 4. The number of H-pyrrole nitrogens is 2. The molecule has 68 heavy (non-hydrogen) atoms. The van der Waals surface area contributed by atoms with E-state index in [4.69, 9.17) is 5.73 Å². The van der Waals surface area contributed by atoms with Gasteiger partial charge in [-0.1, -0.05) is 30.3 Å². The minimum absolute atomic E-state index is 0.0440. The fourth-order valence-corrected chi connectivity index (χ4v) is 6.72. The van der Waals surface area contributed by atoms with Gasteiger partial charge in [-0.05, 0) is 36.4 Å². The number of nitrogen functional groups attached to an aromatic ring is 1. The summed E-state index contributed by atoms with van der Waals surface area (Å²) in [5, 5.41) is 88.1. The Morgan fingerprint density at radius 3 is 1.34 bits per heavy atom. The number of benzene rings is 5. The van der Waals surface area contributed by atoms with Gasteiger partial charge in [-0.3, -0.25) is 59.6 Å². The Bertz CT molecular complexity index is 3150. The number of aliphatic hydroxyl groups excluding tert-OH is 3. The first-order valence-corrected chi connectivity index (χ1v) is 18.8. The lowest BCUT2D eigenvalue weighted by Crippen LogP contribution is -2.18. The maximum Gasteiger partial charge on any atom is 0.341 e. The highest BCUT2D eigenvalue weighted by Gasteiger charge is 2.37. The number of nitro benzene ring substituents is 4. The van der Waals surface area contributed by atoms with Gasteiger partial charge in [0, 0.05) is 35.3 Å². The minimum Gasteiger partial charge on any atom is -0.428 e. The van der Waals surface area contributed by atoms with E-state index in [1.165, 1.54) is 79.0 Å². The number of aromatic nitrogens is 4. The van der Waals surface area contributed by atoms with E-state index in [-0.39, 0.29) is 72.5 Å². The zero-order valence-corrected chi connectivity index (χ0v) is 33.9. The van der Waals surface area contributed by atoms with Crippen molar-refractivity contribution in [3.63, 3.8) is 0 Å². The molecule has 28 nitrogen and oxygen atoms in total. The highest BCUT2D eigenvalue weighted by Crippen LogP contribution is 2.36. The van der Waals surface area contributed by atoms with Gasteiger partial charge < -0.3 is 36.4 Å². The van der Waals surface area contributed by atoms with Gasteiger partial charge >= 0.3 is 5.97 Å². The number of hydrogen-bond donors (Lipinski definition) is 8. The van der Waals surface area contributed by atoms with Crippen LogP contribution in [0.1, 0.15) is 66.5 Å². The second kappa shape index (κ2) is 19.9. The van der Waals surface area contributed by atoms with Gasteiger partial charge in [0.25, 0.3) is 45.7 Å². The molecule has 2 amide bonds. The van der Waals surface area contributed by atoms with Crippen molar-refractivity contribution >= 4 is 67.8 Å². The maximum atomic E-state index is 11.2. The molecule has 0 saturated carbocycles. The zero-order valence-electron chi connectivity index (χ0n) is 33.9. The lowest BCUT2D eigenvalue weighted by molar-refractivity contribution is -0.386. The SMILES string of the molecule is Nc1cccc2c(=O)[nH]ncc12.O=C1NC(O)c2c1cccc2[N+](=O)[O-].O=C1NC(O)c2c1cccc2[N+](=O)[O-].O=C1OC(O)c2c1cccc2[N+](=O)[O-].O=c1[nH]ncc2c([N+](=O)[O-])cccc12. The highest BCUT2D eigenvalue weighted by molar-refractivity contribution is 6.01. The van der Waals surface area contributed by atoms with Crippen LogP contribution in [0.4, 0.5) is 28.4 Å². The van der Waals surface area contributed by atoms with Crippen molar-refractivity contribution in [1.82, 2.24) is 31.0 Å². The van der Waals surface area contributed by atoms with E-state index in [1.807, 2.05) is 0 Å². The van der Waals surface area contributed by atoms with Crippen molar-refractivity contribution < 1.29 is 54.1 Å². The third-order valence-corrected chi connectivity index (χ3v) is 9.73. The monoisotopic (exact) mass is 935 g/mol. The zero-order chi connectivity index (χ0) is 49.6. The first kappa shape index (κ1) is 47.5. The van der Waals surface area contributed by atoms with E-state index in [0.717, 1.165) is 0 Å². The number of carbonyl (C=O) groups is 3. The van der Waals surface area contributed by atoms with E-state index in [1.54, 1.807) is 24.4 Å². The molecule has 5 aromatic carbocycles. The number of carbonyl (C=O) groups excluding carboxylic acids is 3. The van der Waals surface area contributed by atoms with Crippen molar-refractivity contribution in [2.75, 3.05) is 5.73 Å². The van der Waals surface area contributed by atoms with E-state index in [2.05, 4.69) is 35.8 Å². The number of non-ortho nitro benzene ring substituents is 1. The quantitative estimate of drug-likeness (QED) is 0.0544. The molecule has 7 aromatic rings. The first-order valence-electron chi connectivity index (χ1n) is 18.8. The summed E-state index contributed by atoms with van der Waals surface area (Å²) in [6.07, 6.45) is -1.27. The molecule has 3 atom stereocenters. The van der Waals surface area contributed by atoms with Crippen LogP contribution in [0.5, 0.6) is 0 Å². The van der Waals surface area contributed by atoms with Crippen LogP contribution in [0, 0.1) is 40.5 Å². The Morgan fingerprint density at radius 1 is 0.500 bits per heavy atom. The number of anilines is 1. The topological polar surface area (TPSA) is 435 Å². The first-order chi connectivity index (χ1) is 32.3. The summed E-state index contributed by atoms with van der Waals surface area (Å²) in [5.41, 5.74) is 5.06. The molecule has 9 N–H and O–H groups in total. The number of aromatic amines is 2. The summed E-state index contributed by atoms with van der Waals surface area (Å²) in [6, 6.07) is 21.7. The number of cyclic esters (lactones) is 1. The lowest BCUT2D eigenvalue weighted by Gasteiger charge is -2.02. The van der Waals surface area contributed by atoms with Gasteiger partial charge in [0.05, 0.1) is 76.1 Å². The molecule has 3 aliphatic rings. The van der Waals surface area contributed by atoms with Gasteiger partial charge in [0.1, 0.15) is 5.56 Å². The average Bonchev–Trinajstić information content (AvgIpc) is 3.90. The van der Waals surface area contributed by atoms with Gasteiger partial charge in [-0.2, -0.15) is 10.2 Å². The Morgan fingerprint density at radius 2 is 0.882 bits per heavy atom. The number of fused-ring (bicyclic) bond motifs is 5. The summed E-state index contributed by atoms with van der Waals surface area (Å²) >= 11 is 0. The van der Waals surface area contributed by atoms with Gasteiger partial charge in [-0.15, -0.1) is 0 Å². The Balaban J connectivity index is 0.000000140. The van der Waals surface area contributed by atoms with Crippen molar-refractivity contribution in [2.45, 2.75) is 18.7 Å². The molecule has 0 spiro atoms. The smallest absolute Gasteiger partial charge is 0.341 e. The largest absolute Gasteiger partial charge is 0.428 e. The molecule has 0 bridgehead atoms. The van der Waals surface area contributed by atoms with E-state index in [9.17, 15) is 79.7 Å². The molecular formula is C40H29N11O17. The second-order valence-corrected chi connectivity index (χ2v) is 13.7. The third kappa shape index (κ3) is 9.75.